The monoisotopic (exact) mass is 323 g/mol. The van der Waals surface area contributed by atoms with E-state index in [1.165, 1.54) is 0 Å². The molecule has 1 aromatic rings. The minimum Gasteiger partial charge on any atom is -0.466 e. The number of pyridine rings is 1. The number of hydrogen-bond donors (Lipinski definition) is 1. The Labute approximate surface area is 110 Å². The Morgan fingerprint density at radius 2 is 2.22 bits per heavy atom. The van der Waals surface area contributed by atoms with E-state index in [1.807, 2.05) is 0 Å². The average Bonchev–Trinajstić information content (AvgIpc) is 2.31. The van der Waals surface area contributed by atoms with Crippen molar-refractivity contribution in [3.05, 3.63) is 33.2 Å². The van der Waals surface area contributed by atoms with Crippen molar-refractivity contribution in [2.45, 2.75) is 25.1 Å². The van der Waals surface area contributed by atoms with E-state index in [9.17, 15) is 18.4 Å². The largest absolute Gasteiger partial charge is 0.466 e. The zero-order valence-corrected chi connectivity index (χ0v) is 11.2. The number of ether oxygens (including phenoxy) is 1. The van der Waals surface area contributed by atoms with Gasteiger partial charge in [-0.1, -0.05) is 15.9 Å². The molecule has 0 aromatic carbocycles. The minimum atomic E-state index is -2.88. The van der Waals surface area contributed by atoms with Gasteiger partial charge in [0, 0.05) is 22.8 Å². The normalized spacial score (nSPS) is 10.7. The lowest BCUT2D eigenvalue weighted by Gasteiger charge is -2.08. The van der Waals surface area contributed by atoms with Crippen molar-refractivity contribution < 1.29 is 18.3 Å². The summed E-state index contributed by atoms with van der Waals surface area (Å²) in [7, 11) is 0. The zero-order valence-electron chi connectivity index (χ0n) is 9.63. The topological polar surface area (TPSA) is 59.2 Å². The van der Waals surface area contributed by atoms with Crippen LogP contribution in [0.25, 0.3) is 0 Å². The predicted octanol–water partition coefficient (Wildman–Crippen LogP) is 2.31. The maximum atomic E-state index is 12.6. The summed E-state index contributed by atoms with van der Waals surface area (Å²) in [6.07, 6.45) is -2.22. The number of hydrogen-bond acceptors (Lipinski definition) is 3. The number of esters is 1. The van der Waals surface area contributed by atoms with Gasteiger partial charge in [-0.15, -0.1) is 0 Å². The smallest absolute Gasteiger partial charge is 0.310 e. The van der Waals surface area contributed by atoms with E-state index in [2.05, 4.69) is 20.9 Å². The van der Waals surface area contributed by atoms with Crippen LogP contribution in [0.2, 0.25) is 0 Å². The van der Waals surface area contributed by atoms with E-state index in [4.69, 9.17) is 4.74 Å². The Bertz CT molecular complexity index is 488. The van der Waals surface area contributed by atoms with Gasteiger partial charge < -0.3 is 9.72 Å². The SMILES string of the molecule is CCOC(=O)Cc1c(CBr)[nH]cc(C(F)F)c1=O. The van der Waals surface area contributed by atoms with Gasteiger partial charge in [0.2, 0.25) is 0 Å². The summed E-state index contributed by atoms with van der Waals surface area (Å²) in [5.74, 6) is -0.614. The highest BCUT2D eigenvalue weighted by molar-refractivity contribution is 9.08. The number of aromatic nitrogens is 1. The Morgan fingerprint density at radius 1 is 1.56 bits per heavy atom. The second-order valence-electron chi connectivity index (χ2n) is 3.45. The number of halogens is 3. The van der Waals surface area contributed by atoms with Crippen molar-refractivity contribution in [2.24, 2.45) is 0 Å². The fraction of sp³-hybridized carbons (Fsp3) is 0.455. The van der Waals surface area contributed by atoms with Gasteiger partial charge in [-0.2, -0.15) is 0 Å². The van der Waals surface area contributed by atoms with E-state index >= 15 is 0 Å². The quantitative estimate of drug-likeness (QED) is 0.668. The lowest BCUT2D eigenvalue weighted by atomic mass is 10.1. The van der Waals surface area contributed by atoms with Crippen LogP contribution in [-0.4, -0.2) is 17.6 Å². The van der Waals surface area contributed by atoms with Gasteiger partial charge in [-0.3, -0.25) is 9.59 Å². The number of rotatable bonds is 5. The van der Waals surface area contributed by atoms with Crippen LogP contribution in [0, 0.1) is 0 Å². The number of alkyl halides is 3. The predicted molar refractivity (Wildman–Crippen MR) is 65.0 cm³/mol. The van der Waals surface area contributed by atoms with Gasteiger partial charge in [0.25, 0.3) is 6.43 Å². The number of nitrogens with one attached hydrogen (secondary N) is 1. The standard InChI is InChI=1S/C11H12BrF2NO3/c1-2-18-9(16)3-6-8(4-12)15-5-7(10(6)17)11(13)14/h5,11H,2-4H2,1H3,(H,15,17). The van der Waals surface area contributed by atoms with E-state index in [-0.39, 0.29) is 23.9 Å². The summed E-state index contributed by atoms with van der Waals surface area (Å²) in [4.78, 5) is 25.7. The van der Waals surface area contributed by atoms with Crippen LogP contribution in [0.4, 0.5) is 8.78 Å². The molecule has 0 aliphatic carbocycles. The summed E-state index contributed by atoms with van der Waals surface area (Å²) in [6, 6.07) is 0. The molecule has 4 nitrogen and oxygen atoms in total. The van der Waals surface area contributed by atoms with Gasteiger partial charge >= 0.3 is 5.97 Å². The highest BCUT2D eigenvalue weighted by Crippen LogP contribution is 2.17. The molecule has 1 aromatic heterocycles. The van der Waals surface area contributed by atoms with Crippen LogP contribution in [0.5, 0.6) is 0 Å². The van der Waals surface area contributed by atoms with Crippen molar-refractivity contribution >= 4 is 21.9 Å². The minimum absolute atomic E-state index is 0.0168. The molecular formula is C11H12BrF2NO3. The van der Waals surface area contributed by atoms with Gasteiger partial charge in [0.05, 0.1) is 18.6 Å². The molecule has 1 rings (SSSR count). The first-order chi connectivity index (χ1) is 8.51. The summed E-state index contributed by atoms with van der Waals surface area (Å²) in [5.41, 5.74) is -1.04. The molecule has 18 heavy (non-hydrogen) atoms. The number of carbonyl (C=O) groups is 1. The molecule has 0 spiro atoms. The average molecular weight is 324 g/mol. The van der Waals surface area contributed by atoms with Crippen LogP contribution in [0.1, 0.15) is 30.2 Å². The van der Waals surface area contributed by atoms with Crippen LogP contribution in [0.15, 0.2) is 11.0 Å². The van der Waals surface area contributed by atoms with Gasteiger partial charge in [0.15, 0.2) is 5.43 Å². The zero-order chi connectivity index (χ0) is 13.7. The van der Waals surface area contributed by atoms with E-state index in [1.54, 1.807) is 6.92 Å². The number of aromatic amines is 1. The summed E-state index contributed by atoms with van der Waals surface area (Å²) in [6.45, 7) is 1.80. The molecule has 0 atom stereocenters. The summed E-state index contributed by atoms with van der Waals surface area (Å²) < 4.78 is 29.9. The second-order valence-corrected chi connectivity index (χ2v) is 4.01. The van der Waals surface area contributed by atoms with Gasteiger partial charge in [-0.05, 0) is 6.92 Å². The Balaban J connectivity index is 3.18. The molecule has 0 fully saturated rings. The first-order valence-corrected chi connectivity index (χ1v) is 6.36. The van der Waals surface area contributed by atoms with Crippen LogP contribution in [0.3, 0.4) is 0 Å². The van der Waals surface area contributed by atoms with Crippen molar-refractivity contribution in [1.82, 2.24) is 4.98 Å². The molecule has 0 saturated carbocycles. The van der Waals surface area contributed by atoms with Crippen LogP contribution >= 0.6 is 15.9 Å². The molecule has 1 heterocycles. The molecule has 0 unspecified atom stereocenters. The molecule has 0 saturated heterocycles. The third-order valence-corrected chi connectivity index (χ3v) is 2.86. The maximum absolute atomic E-state index is 12.6. The fourth-order valence-corrected chi connectivity index (χ4v) is 1.95. The molecule has 0 amide bonds. The van der Waals surface area contributed by atoms with Crippen molar-refractivity contribution in [2.75, 3.05) is 6.61 Å². The first kappa shape index (κ1) is 14.8. The third kappa shape index (κ3) is 3.38. The molecule has 0 bridgehead atoms. The maximum Gasteiger partial charge on any atom is 0.310 e. The highest BCUT2D eigenvalue weighted by atomic mass is 79.9. The third-order valence-electron chi connectivity index (χ3n) is 2.30. The Hall–Kier alpha value is -1.24. The van der Waals surface area contributed by atoms with Crippen molar-refractivity contribution in [1.29, 1.82) is 0 Å². The summed E-state index contributed by atoms with van der Waals surface area (Å²) in [5, 5.41) is 0.264. The number of carbonyl (C=O) groups excluding carboxylic acids is 1. The lowest BCUT2D eigenvalue weighted by Crippen LogP contribution is -2.22. The molecule has 1 N–H and O–H groups in total. The van der Waals surface area contributed by atoms with Crippen molar-refractivity contribution in [3.63, 3.8) is 0 Å². The lowest BCUT2D eigenvalue weighted by molar-refractivity contribution is -0.142. The summed E-state index contributed by atoms with van der Waals surface area (Å²) >= 11 is 3.12. The van der Waals surface area contributed by atoms with Crippen LogP contribution in [-0.2, 0) is 21.3 Å². The van der Waals surface area contributed by atoms with E-state index in [0.29, 0.717) is 5.69 Å². The van der Waals surface area contributed by atoms with E-state index in [0.717, 1.165) is 6.20 Å². The molecular weight excluding hydrogens is 312 g/mol. The van der Waals surface area contributed by atoms with Gasteiger partial charge in [0.1, 0.15) is 0 Å². The van der Waals surface area contributed by atoms with Crippen molar-refractivity contribution in [3.8, 4) is 0 Å². The fourth-order valence-electron chi connectivity index (χ4n) is 1.45. The van der Waals surface area contributed by atoms with Gasteiger partial charge in [-0.25, -0.2) is 8.78 Å². The molecule has 0 aliphatic heterocycles. The molecule has 100 valence electrons. The van der Waals surface area contributed by atoms with E-state index < -0.39 is 23.4 Å². The van der Waals surface area contributed by atoms with Crippen LogP contribution < -0.4 is 5.43 Å². The Morgan fingerprint density at radius 3 is 2.72 bits per heavy atom. The molecule has 7 heteroatoms. The molecule has 0 radical (unpaired) electrons. The molecule has 0 aliphatic rings. The first-order valence-electron chi connectivity index (χ1n) is 5.24. The second kappa shape index (κ2) is 6.63. The highest BCUT2D eigenvalue weighted by Gasteiger charge is 2.19. The number of H-pyrrole nitrogens is 1. The Kier molecular flexibility index (Phi) is 5.46.